The molecule has 0 spiro atoms. The Morgan fingerprint density at radius 3 is 2.79 bits per heavy atom. The highest BCUT2D eigenvalue weighted by molar-refractivity contribution is 5.83. The van der Waals surface area contributed by atoms with Crippen molar-refractivity contribution in [3.8, 4) is 0 Å². The van der Waals surface area contributed by atoms with Crippen LogP contribution in [0.2, 0.25) is 0 Å². The third-order valence-corrected chi connectivity index (χ3v) is 5.41. The first-order valence-corrected chi connectivity index (χ1v) is 9.48. The summed E-state index contributed by atoms with van der Waals surface area (Å²) in [7, 11) is 0. The third kappa shape index (κ3) is 3.20. The normalized spacial score (nSPS) is 30.0. The van der Waals surface area contributed by atoms with Crippen LogP contribution < -0.4 is 4.90 Å². The van der Waals surface area contributed by atoms with E-state index in [2.05, 4.69) is 38.6 Å². The number of fused-ring (bicyclic) bond motifs is 1. The second-order valence-corrected chi connectivity index (χ2v) is 7.13. The Labute approximate surface area is 162 Å². The van der Waals surface area contributed by atoms with Crippen LogP contribution in [-0.4, -0.2) is 72.3 Å². The van der Waals surface area contributed by atoms with Crippen molar-refractivity contribution < 1.29 is 20.1 Å². The van der Waals surface area contributed by atoms with Crippen LogP contribution in [0.4, 0.5) is 5.82 Å². The van der Waals surface area contributed by atoms with Gasteiger partial charge in [-0.3, -0.25) is 4.57 Å². The Balaban J connectivity index is 1.72. The van der Waals surface area contributed by atoms with E-state index in [1.807, 2.05) is 6.08 Å². The summed E-state index contributed by atoms with van der Waals surface area (Å²) in [5.41, 5.74) is 1.09. The van der Waals surface area contributed by atoms with E-state index in [-0.39, 0.29) is 6.61 Å². The van der Waals surface area contributed by atoms with Gasteiger partial charge in [-0.2, -0.15) is 0 Å². The topological polar surface area (TPSA) is 117 Å². The fourth-order valence-corrected chi connectivity index (χ4v) is 3.95. The van der Waals surface area contributed by atoms with Crippen LogP contribution in [-0.2, 0) is 4.74 Å². The van der Waals surface area contributed by atoms with Crippen LogP contribution in [0.5, 0.6) is 0 Å². The van der Waals surface area contributed by atoms with E-state index in [1.165, 1.54) is 12.7 Å². The molecule has 0 aromatic carbocycles. The Hall–Kier alpha value is -2.33. The van der Waals surface area contributed by atoms with Gasteiger partial charge in [0.05, 0.1) is 12.9 Å². The quantitative estimate of drug-likeness (QED) is 0.615. The van der Waals surface area contributed by atoms with Crippen LogP contribution in [0.1, 0.15) is 25.5 Å². The monoisotopic (exact) mass is 387 g/mol. The van der Waals surface area contributed by atoms with E-state index < -0.39 is 24.5 Å². The first-order chi connectivity index (χ1) is 13.7. The van der Waals surface area contributed by atoms with Crippen LogP contribution in [0, 0.1) is 0 Å². The highest BCUT2D eigenvalue weighted by Gasteiger charge is 2.44. The summed E-state index contributed by atoms with van der Waals surface area (Å²) in [6.07, 6.45) is 8.05. The molecule has 9 heteroatoms. The van der Waals surface area contributed by atoms with Crippen LogP contribution >= 0.6 is 0 Å². The molecule has 0 bridgehead atoms. The van der Waals surface area contributed by atoms with Crippen molar-refractivity contribution in [1.82, 2.24) is 19.5 Å². The molecular formula is C19H25N5O4. The zero-order chi connectivity index (χ0) is 19.7. The summed E-state index contributed by atoms with van der Waals surface area (Å²) < 4.78 is 7.21. The fourth-order valence-electron chi connectivity index (χ4n) is 3.95. The van der Waals surface area contributed by atoms with Crippen molar-refractivity contribution >= 4 is 17.0 Å². The molecule has 2 aliphatic rings. The average Bonchev–Trinajstić information content (AvgIpc) is 3.28. The number of imidazole rings is 1. The van der Waals surface area contributed by atoms with Gasteiger partial charge in [0.25, 0.3) is 0 Å². The molecule has 28 heavy (non-hydrogen) atoms. The molecule has 1 fully saturated rings. The van der Waals surface area contributed by atoms with E-state index in [0.29, 0.717) is 29.6 Å². The number of ether oxygens (including phenoxy) is 1. The number of anilines is 1. The number of aliphatic hydroxyl groups excluding tert-OH is 3. The lowest BCUT2D eigenvalue weighted by atomic mass is 10.00. The molecule has 4 rings (SSSR count). The molecule has 0 amide bonds. The van der Waals surface area contributed by atoms with Crippen molar-refractivity contribution in [1.29, 1.82) is 0 Å². The Morgan fingerprint density at radius 1 is 1.25 bits per heavy atom. The second kappa shape index (κ2) is 7.96. The highest BCUT2D eigenvalue weighted by atomic mass is 16.6. The van der Waals surface area contributed by atoms with Crippen LogP contribution in [0.3, 0.4) is 0 Å². The molecule has 2 aromatic heterocycles. The minimum atomic E-state index is -1.19. The molecule has 9 nitrogen and oxygen atoms in total. The van der Waals surface area contributed by atoms with Gasteiger partial charge >= 0.3 is 0 Å². The van der Waals surface area contributed by atoms with Gasteiger partial charge in [-0.15, -0.1) is 6.58 Å². The van der Waals surface area contributed by atoms with Crippen molar-refractivity contribution in [2.24, 2.45) is 0 Å². The zero-order valence-corrected chi connectivity index (χ0v) is 15.5. The van der Waals surface area contributed by atoms with E-state index in [1.54, 1.807) is 4.57 Å². The largest absolute Gasteiger partial charge is 0.394 e. The smallest absolute Gasteiger partial charge is 0.167 e. The second-order valence-electron chi connectivity index (χ2n) is 7.13. The first-order valence-electron chi connectivity index (χ1n) is 9.48. The summed E-state index contributed by atoms with van der Waals surface area (Å²) in [6, 6.07) is 0.292. The molecule has 2 aromatic rings. The molecule has 1 saturated heterocycles. The maximum atomic E-state index is 10.3. The lowest BCUT2D eigenvalue weighted by Gasteiger charge is -2.32. The number of nitrogens with zero attached hydrogens (tertiary/aromatic N) is 5. The minimum absolute atomic E-state index is 0.292. The molecule has 5 atom stereocenters. The van der Waals surface area contributed by atoms with Crippen molar-refractivity contribution in [3.05, 3.63) is 37.5 Å². The van der Waals surface area contributed by atoms with Gasteiger partial charge in [-0.25, -0.2) is 15.0 Å². The Morgan fingerprint density at radius 2 is 2.11 bits per heavy atom. The van der Waals surface area contributed by atoms with Gasteiger partial charge < -0.3 is 25.0 Å². The predicted molar refractivity (Wildman–Crippen MR) is 103 cm³/mol. The molecule has 1 unspecified atom stereocenters. The van der Waals surface area contributed by atoms with Gasteiger partial charge in [-0.05, 0) is 19.3 Å². The maximum absolute atomic E-state index is 10.3. The molecule has 1 aliphatic heterocycles. The Bertz CT molecular complexity index is 869. The van der Waals surface area contributed by atoms with Crippen molar-refractivity contribution in [2.75, 3.05) is 18.1 Å². The number of allylic oxidation sites excluding steroid dienone is 1. The summed E-state index contributed by atoms with van der Waals surface area (Å²) in [6.45, 7) is 4.12. The lowest BCUT2D eigenvalue weighted by molar-refractivity contribution is -0.0511. The van der Waals surface area contributed by atoms with Gasteiger partial charge in [0.2, 0.25) is 0 Å². The van der Waals surface area contributed by atoms with Gasteiger partial charge in [0.15, 0.2) is 23.2 Å². The fraction of sp³-hybridized carbons (Fsp3) is 0.526. The molecule has 0 radical (unpaired) electrons. The maximum Gasteiger partial charge on any atom is 0.167 e. The predicted octanol–water partition coefficient (Wildman–Crippen LogP) is 0.539. The number of hydrogen-bond donors (Lipinski definition) is 3. The lowest BCUT2D eigenvalue weighted by Crippen LogP contribution is -2.37. The van der Waals surface area contributed by atoms with Gasteiger partial charge in [0, 0.05) is 12.6 Å². The van der Waals surface area contributed by atoms with E-state index in [9.17, 15) is 15.3 Å². The van der Waals surface area contributed by atoms with E-state index in [4.69, 9.17) is 4.74 Å². The highest BCUT2D eigenvalue weighted by Crippen LogP contribution is 2.33. The first kappa shape index (κ1) is 19.0. The summed E-state index contributed by atoms with van der Waals surface area (Å²) >= 11 is 0. The number of aromatic nitrogens is 4. The van der Waals surface area contributed by atoms with Crippen molar-refractivity contribution in [2.45, 2.75) is 49.8 Å². The Kier molecular flexibility index (Phi) is 5.40. The number of aliphatic hydroxyl groups is 3. The molecule has 3 N–H and O–H groups in total. The standard InChI is InChI=1S/C19H25N5O4/c1-2-8-23(12-6-4-3-5-7-12)17-14-18(21-10-20-17)24(11-22-14)19-16(27)15(26)13(9-25)28-19/h2-4,10-13,15-16,19,25-27H,1,5-9H2/t12?,13-,15-,16-,19-/m1/s1. The average molecular weight is 387 g/mol. The number of rotatable bonds is 6. The molecule has 150 valence electrons. The van der Waals surface area contributed by atoms with E-state index >= 15 is 0 Å². The molecule has 1 aliphatic carbocycles. The molecular weight excluding hydrogens is 362 g/mol. The van der Waals surface area contributed by atoms with Crippen molar-refractivity contribution in [3.63, 3.8) is 0 Å². The SMILES string of the molecule is C=CCN(c1ncnc2c1ncn2[C@@H]1O[C@H](CO)[C@@H](O)[C@H]1O)C1CC=CCC1. The minimum Gasteiger partial charge on any atom is -0.394 e. The van der Waals surface area contributed by atoms with Crippen LogP contribution in [0.15, 0.2) is 37.5 Å². The summed E-state index contributed by atoms with van der Waals surface area (Å²) in [4.78, 5) is 15.5. The van der Waals surface area contributed by atoms with Gasteiger partial charge in [-0.1, -0.05) is 18.2 Å². The summed E-state index contributed by atoms with van der Waals surface area (Å²) in [5, 5.41) is 29.7. The zero-order valence-electron chi connectivity index (χ0n) is 15.5. The van der Waals surface area contributed by atoms with Crippen LogP contribution in [0.25, 0.3) is 11.2 Å². The third-order valence-electron chi connectivity index (χ3n) is 5.41. The van der Waals surface area contributed by atoms with E-state index in [0.717, 1.165) is 19.3 Å². The van der Waals surface area contributed by atoms with Gasteiger partial charge in [0.1, 0.15) is 24.6 Å². The summed E-state index contributed by atoms with van der Waals surface area (Å²) in [5.74, 6) is 0.704. The molecule has 3 heterocycles. The molecule has 0 saturated carbocycles. The number of hydrogen-bond acceptors (Lipinski definition) is 8.